The molecule has 29 heavy (non-hydrogen) atoms. The fourth-order valence-corrected chi connectivity index (χ4v) is 4.11. The van der Waals surface area contributed by atoms with E-state index in [0.717, 1.165) is 5.56 Å². The van der Waals surface area contributed by atoms with Crippen LogP contribution in [0.3, 0.4) is 0 Å². The lowest BCUT2D eigenvalue weighted by molar-refractivity contribution is -0.113. The molecule has 0 spiro atoms. The van der Waals surface area contributed by atoms with Gasteiger partial charge in [-0.05, 0) is 42.8 Å². The molecule has 0 N–H and O–H groups in total. The molecule has 1 saturated heterocycles. The van der Waals surface area contributed by atoms with Crippen molar-refractivity contribution in [3.8, 4) is 11.5 Å². The second-order valence-corrected chi connectivity index (χ2v) is 7.54. The lowest BCUT2D eigenvalue weighted by atomic mass is 10.1. The Morgan fingerprint density at radius 1 is 1.17 bits per heavy atom. The molecule has 1 fully saturated rings. The molecule has 3 rings (SSSR count). The molecule has 1 aliphatic rings. The van der Waals surface area contributed by atoms with Crippen molar-refractivity contribution < 1.29 is 23.8 Å². The number of para-hydroxylation sites is 1. The number of esters is 1. The average molecular weight is 430 g/mol. The zero-order valence-electron chi connectivity index (χ0n) is 16.1. The van der Waals surface area contributed by atoms with E-state index in [1.54, 1.807) is 49.6 Å². The molecule has 1 heterocycles. The minimum Gasteiger partial charge on any atom is -0.493 e. The summed E-state index contributed by atoms with van der Waals surface area (Å²) in [5.74, 6) is 0.373. The van der Waals surface area contributed by atoms with Crippen molar-refractivity contribution in [1.82, 2.24) is 0 Å². The molecule has 150 valence electrons. The fraction of sp³-hybridized carbons (Fsp3) is 0.190. The smallest absolute Gasteiger partial charge is 0.339 e. The zero-order chi connectivity index (χ0) is 21.0. The first-order valence-electron chi connectivity index (χ1n) is 8.76. The number of methoxy groups -OCH3 is 2. The number of thiocarbonyl (C=S) groups is 1. The number of amides is 1. The summed E-state index contributed by atoms with van der Waals surface area (Å²) in [6.45, 7) is 2.42. The predicted molar refractivity (Wildman–Crippen MR) is 118 cm³/mol. The Bertz CT molecular complexity index is 1000. The summed E-state index contributed by atoms with van der Waals surface area (Å²) >= 11 is 6.58. The van der Waals surface area contributed by atoms with Crippen molar-refractivity contribution in [2.24, 2.45) is 0 Å². The molecule has 2 aromatic rings. The topological polar surface area (TPSA) is 65.1 Å². The summed E-state index contributed by atoms with van der Waals surface area (Å²) in [7, 11) is 2.85. The van der Waals surface area contributed by atoms with Gasteiger partial charge in [-0.25, -0.2) is 4.79 Å². The van der Waals surface area contributed by atoms with Gasteiger partial charge in [0.05, 0.1) is 37.0 Å². The van der Waals surface area contributed by atoms with Crippen LogP contribution in [-0.4, -0.2) is 37.0 Å². The van der Waals surface area contributed by atoms with Gasteiger partial charge in [0.15, 0.2) is 15.8 Å². The van der Waals surface area contributed by atoms with Gasteiger partial charge in [-0.3, -0.25) is 9.69 Å². The minimum atomic E-state index is -0.533. The Labute approximate surface area is 178 Å². The SMILES string of the molecule is CCOc1ccc(/C=C2\SC(=S)N(c3ccccc3C(=O)OC)C2=O)cc1OC. The number of rotatable bonds is 6. The molecule has 1 aliphatic heterocycles. The molecule has 8 heteroatoms. The fourth-order valence-electron chi connectivity index (χ4n) is 2.83. The summed E-state index contributed by atoms with van der Waals surface area (Å²) in [5.41, 5.74) is 1.44. The van der Waals surface area contributed by atoms with E-state index in [9.17, 15) is 9.59 Å². The third-order valence-electron chi connectivity index (χ3n) is 4.13. The number of hydrogen-bond acceptors (Lipinski definition) is 7. The normalized spacial score (nSPS) is 15.0. The van der Waals surface area contributed by atoms with Crippen molar-refractivity contribution in [2.45, 2.75) is 6.92 Å². The number of anilines is 1. The van der Waals surface area contributed by atoms with E-state index in [-0.39, 0.29) is 11.5 Å². The Morgan fingerprint density at radius 2 is 1.93 bits per heavy atom. The van der Waals surface area contributed by atoms with E-state index in [1.807, 2.05) is 13.0 Å². The summed E-state index contributed by atoms with van der Waals surface area (Å²) in [4.78, 5) is 26.9. The molecule has 1 amide bonds. The third kappa shape index (κ3) is 4.28. The molecule has 0 radical (unpaired) electrons. The molecule has 0 bridgehead atoms. The van der Waals surface area contributed by atoms with E-state index in [1.165, 1.54) is 23.8 Å². The number of nitrogens with zero attached hydrogens (tertiary/aromatic N) is 1. The lowest BCUT2D eigenvalue weighted by Crippen LogP contribution is -2.29. The van der Waals surface area contributed by atoms with Crippen molar-refractivity contribution in [1.29, 1.82) is 0 Å². The zero-order valence-corrected chi connectivity index (χ0v) is 17.8. The summed E-state index contributed by atoms with van der Waals surface area (Å²) in [6.07, 6.45) is 1.73. The van der Waals surface area contributed by atoms with Crippen LogP contribution in [0.2, 0.25) is 0 Å². The number of carbonyl (C=O) groups is 2. The molecular weight excluding hydrogens is 410 g/mol. The Hall–Kier alpha value is -2.84. The molecule has 0 unspecified atom stereocenters. The van der Waals surface area contributed by atoms with Crippen molar-refractivity contribution in [3.63, 3.8) is 0 Å². The van der Waals surface area contributed by atoms with E-state index < -0.39 is 5.97 Å². The molecule has 0 saturated carbocycles. The average Bonchev–Trinajstić information content (AvgIpc) is 3.01. The standard InChI is InChI=1S/C21H19NO5S2/c1-4-27-16-10-9-13(11-17(16)25-2)12-18-19(23)22(21(28)29-18)15-8-6-5-7-14(15)20(24)26-3/h5-12H,4H2,1-3H3/b18-12-. The monoisotopic (exact) mass is 429 g/mol. The van der Waals surface area contributed by atoms with Gasteiger partial charge in [-0.1, -0.05) is 42.2 Å². The van der Waals surface area contributed by atoms with E-state index >= 15 is 0 Å². The molecule has 6 nitrogen and oxygen atoms in total. The maximum atomic E-state index is 13.0. The van der Waals surface area contributed by atoms with Gasteiger partial charge < -0.3 is 14.2 Å². The number of benzene rings is 2. The van der Waals surface area contributed by atoms with Gasteiger partial charge >= 0.3 is 5.97 Å². The van der Waals surface area contributed by atoms with Crippen molar-refractivity contribution >= 4 is 51.9 Å². The molecular formula is C21H19NO5S2. The highest BCUT2D eigenvalue weighted by Crippen LogP contribution is 2.38. The van der Waals surface area contributed by atoms with Crippen LogP contribution < -0.4 is 14.4 Å². The second kappa shape index (κ2) is 9.11. The van der Waals surface area contributed by atoms with E-state index in [2.05, 4.69) is 0 Å². The largest absolute Gasteiger partial charge is 0.493 e. The summed E-state index contributed by atoms with van der Waals surface area (Å²) < 4.78 is 16.0. The van der Waals surface area contributed by atoms with Crippen LogP contribution in [0.15, 0.2) is 47.4 Å². The summed E-state index contributed by atoms with van der Waals surface area (Å²) in [6, 6.07) is 12.1. The highest BCUT2D eigenvalue weighted by molar-refractivity contribution is 8.27. The highest BCUT2D eigenvalue weighted by atomic mass is 32.2. The van der Waals surface area contributed by atoms with Gasteiger partial charge in [0, 0.05) is 0 Å². The van der Waals surface area contributed by atoms with Crippen LogP contribution in [0, 0.1) is 0 Å². The Morgan fingerprint density at radius 3 is 2.62 bits per heavy atom. The molecule has 0 aromatic heterocycles. The van der Waals surface area contributed by atoms with Crippen molar-refractivity contribution in [3.05, 3.63) is 58.5 Å². The number of hydrogen-bond donors (Lipinski definition) is 0. The van der Waals surface area contributed by atoms with Crippen LogP contribution in [0.4, 0.5) is 5.69 Å². The van der Waals surface area contributed by atoms with Gasteiger partial charge in [-0.15, -0.1) is 0 Å². The number of carbonyl (C=O) groups excluding carboxylic acids is 2. The first-order valence-corrected chi connectivity index (χ1v) is 9.98. The van der Waals surface area contributed by atoms with Gasteiger partial charge in [0.2, 0.25) is 0 Å². The molecule has 0 atom stereocenters. The van der Waals surface area contributed by atoms with Crippen LogP contribution in [0.25, 0.3) is 6.08 Å². The Balaban J connectivity index is 1.95. The minimum absolute atomic E-state index is 0.273. The molecule has 0 aliphatic carbocycles. The maximum Gasteiger partial charge on any atom is 0.339 e. The third-order valence-corrected chi connectivity index (χ3v) is 5.43. The van der Waals surface area contributed by atoms with Gasteiger partial charge in [-0.2, -0.15) is 0 Å². The van der Waals surface area contributed by atoms with Crippen LogP contribution >= 0.6 is 24.0 Å². The van der Waals surface area contributed by atoms with Gasteiger partial charge in [0.25, 0.3) is 5.91 Å². The number of thioether (sulfide) groups is 1. The van der Waals surface area contributed by atoms with E-state index in [0.29, 0.717) is 33.0 Å². The predicted octanol–water partition coefficient (Wildman–Crippen LogP) is 4.29. The highest BCUT2D eigenvalue weighted by Gasteiger charge is 2.35. The van der Waals surface area contributed by atoms with Crippen LogP contribution in [0.1, 0.15) is 22.8 Å². The second-order valence-electron chi connectivity index (χ2n) is 5.87. The van der Waals surface area contributed by atoms with Crippen LogP contribution in [-0.2, 0) is 9.53 Å². The lowest BCUT2D eigenvalue weighted by Gasteiger charge is -2.17. The molecule has 2 aromatic carbocycles. The van der Waals surface area contributed by atoms with Crippen molar-refractivity contribution in [2.75, 3.05) is 25.7 Å². The number of ether oxygens (including phenoxy) is 3. The van der Waals surface area contributed by atoms with Crippen LogP contribution in [0.5, 0.6) is 11.5 Å². The van der Waals surface area contributed by atoms with E-state index in [4.69, 9.17) is 26.4 Å². The summed E-state index contributed by atoms with van der Waals surface area (Å²) in [5, 5.41) is 0. The first kappa shape index (κ1) is 20.9. The quantitative estimate of drug-likeness (QED) is 0.386. The van der Waals surface area contributed by atoms with Gasteiger partial charge in [0.1, 0.15) is 0 Å². The first-order chi connectivity index (χ1) is 14.0. The maximum absolute atomic E-state index is 13.0. The Kier molecular flexibility index (Phi) is 6.56.